The highest BCUT2D eigenvalue weighted by Crippen LogP contribution is 2.51. The van der Waals surface area contributed by atoms with Crippen molar-refractivity contribution in [2.24, 2.45) is 0 Å². The number of rotatable bonds is 7. The minimum Gasteiger partial charge on any atom is -0.337 e. The second-order valence-corrected chi connectivity index (χ2v) is 9.60. The molecule has 15 heteroatoms. The van der Waals surface area contributed by atoms with Crippen molar-refractivity contribution >= 4 is 23.3 Å². The van der Waals surface area contributed by atoms with Crippen LogP contribution in [0, 0.1) is 12.7 Å². The number of amides is 2. The first-order valence-electron chi connectivity index (χ1n) is 11.7. The van der Waals surface area contributed by atoms with Gasteiger partial charge in [0, 0.05) is 31.2 Å². The van der Waals surface area contributed by atoms with Gasteiger partial charge in [-0.3, -0.25) is 19.5 Å². The Morgan fingerprint density at radius 1 is 1.21 bits per heavy atom. The molecule has 1 aromatic carbocycles. The standard InChI is InChI=1S/C24H20F6N6O3/c1-10-16(19(37)22(39)33-23(8-24(29,30)9-23)15-6-31-35-34-15)14-5-11(25)7-36(14)18(10)21(38)32-13-4-2-3-12(17(13)26)20(27)28/h2-4,6,11,20H,5,7-9H2,1H3,(H,32,38)(H,33,39)(H,31,34,35)/t11-/m1/s1. The van der Waals surface area contributed by atoms with E-state index in [0.717, 1.165) is 22.8 Å². The van der Waals surface area contributed by atoms with Gasteiger partial charge in [0.2, 0.25) is 0 Å². The minimum absolute atomic E-state index is 0.00893. The minimum atomic E-state index is -3.15. The number of fused-ring (bicyclic) bond motifs is 1. The smallest absolute Gasteiger partial charge is 0.293 e. The van der Waals surface area contributed by atoms with Gasteiger partial charge in [-0.05, 0) is 18.6 Å². The molecule has 1 saturated carbocycles. The Hall–Kier alpha value is -4.17. The molecule has 0 spiro atoms. The van der Waals surface area contributed by atoms with E-state index in [1.807, 2.05) is 0 Å². The molecule has 3 N–H and O–H groups in total. The number of ketones is 1. The van der Waals surface area contributed by atoms with Crippen LogP contribution in [0.4, 0.5) is 32.0 Å². The number of H-pyrrole nitrogens is 1. The van der Waals surface area contributed by atoms with Crippen molar-refractivity contribution in [1.29, 1.82) is 0 Å². The number of benzene rings is 1. The van der Waals surface area contributed by atoms with Crippen molar-refractivity contribution in [3.8, 4) is 0 Å². The maximum Gasteiger partial charge on any atom is 0.293 e. The van der Waals surface area contributed by atoms with Crippen LogP contribution >= 0.6 is 0 Å². The molecule has 0 unspecified atom stereocenters. The molecule has 206 valence electrons. The monoisotopic (exact) mass is 554 g/mol. The highest BCUT2D eigenvalue weighted by molar-refractivity contribution is 6.44. The van der Waals surface area contributed by atoms with Gasteiger partial charge in [-0.25, -0.2) is 26.3 Å². The number of aromatic amines is 1. The SMILES string of the molecule is Cc1c(C(=O)C(=O)NC2(c3c[nH]nn3)CC(F)(F)C2)c2n(c1C(=O)Nc1cccc(C(F)F)c1F)C[C@H](F)C2. The molecular formula is C24H20F6N6O3. The molecule has 5 rings (SSSR count). The molecule has 1 aliphatic heterocycles. The summed E-state index contributed by atoms with van der Waals surface area (Å²) in [5.74, 6) is -7.98. The number of carbonyl (C=O) groups excluding carboxylic acids is 3. The van der Waals surface area contributed by atoms with E-state index in [4.69, 9.17) is 0 Å². The zero-order chi connectivity index (χ0) is 28.3. The molecule has 3 aromatic rings. The van der Waals surface area contributed by atoms with E-state index in [9.17, 15) is 40.7 Å². The number of nitrogens with one attached hydrogen (secondary N) is 3. The zero-order valence-electron chi connectivity index (χ0n) is 20.1. The number of halogens is 6. The van der Waals surface area contributed by atoms with Gasteiger partial charge in [0.05, 0.1) is 28.9 Å². The van der Waals surface area contributed by atoms with Gasteiger partial charge in [0.15, 0.2) is 5.82 Å². The Bertz CT molecular complexity index is 1480. The number of aromatic nitrogens is 4. The van der Waals surface area contributed by atoms with Crippen molar-refractivity contribution in [1.82, 2.24) is 25.3 Å². The lowest BCUT2D eigenvalue weighted by Crippen LogP contribution is -2.61. The van der Waals surface area contributed by atoms with Crippen LogP contribution in [-0.4, -0.2) is 49.7 Å². The molecular weight excluding hydrogens is 534 g/mol. The Morgan fingerprint density at radius 2 is 1.92 bits per heavy atom. The zero-order valence-corrected chi connectivity index (χ0v) is 20.1. The van der Waals surface area contributed by atoms with E-state index in [-0.39, 0.29) is 41.2 Å². The molecule has 2 amide bonds. The topological polar surface area (TPSA) is 122 Å². The van der Waals surface area contributed by atoms with Crippen LogP contribution in [0.15, 0.2) is 24.4 Å². The van der Waals surface area contributed by atoms with Crippen molar-refractivity contribution in [3.63, 3.8) is 0 Å². The first kappa shape index (κ1) is 26.4. The number of nitrogens with zero attached hydrogens (tertiary/aromatic N) is 3. The van der Waals surface area contributed by atoms with Gasteiger partial charge in [-0.2, -0.15) is 0 Å². The summed E-state index contributed by atoms with van der Waals surface area (Å²) in [7, 11) is 0. The van der Waals surface area contributed by atoms with E-state index in [1.54, 1.807) is 0 Å². The number of anilines is 1. The molecule has 1 atom stereocenters. The highest BCUT2D eigenvalue weighted by Gasteiger charge is 2.60. The quantitative estimate of drug-likeness (QED) is 0.233. The van der Waals surface area contributed by atoms with Crippen LogP contribution in [-0.2, 0) is 23.3 Å². The van der Waals surface area contributed by atoms with E-state index in [2.05, 4.69) is 26.0 Å². The number of carbonyl (C=O) groups is 3. The Balaban J connectivity index is 1.46. The first-order valence-corrected chi connectivity index (χ1v) is 11.7. The first-order chi connectivity index (χ1) is 18.3. The molecule has 0 saturated heterocycles. The van der Waals surface area contributed by atoms with Crippen LogP contribution in [0.2, 0.25) is 0 Å². The summed E-state index contributed by atoms with van der Waals surface area (Å²) in [6.07, 6.45) is -5.45. The van der Waals surface area contributed by atoms with Crippen LogP contribution in [0.5, 0.6) is 0 Å². The maximum absolute atomic E-state index is 14.5. The van der Waals surface area contributed by atoms with Crippen molar-refractivity contribution < 1.29 is 40.7 Å². The van der Waals surface area contributed by atoms with Crippen molar-refractivity contribution in [2.45, 2.75) is 56.8 Å². The largest absolute Gasteiger partial charge is 0.337 e. The molecule has 0 bridgehead atoms. The molecule has 9 nitrogen and oxygen atoms in total. The molecule has 0 radical (unpaired) electrons. The fraction of sp³-hybridized carbons (Fsp3) is 0.375. The van der Waals surface area contributed by atoms with Crippen LogP contribution < -0.4 is 10.6 Å². The summed E-state index contributed by atoms with van der Waals surface area (Å²) in [5.41, 5.74) is -3.79. The average molecular weight is 554 g/mol. The van der Waals surface area contributed by atoms with Gasteiger partial charge < -0.3 is 15.2 Å². The Morgan fingerprint density at radius 3 is 2.54 bits per heavy atom. The molecule has 2 aromatic heterocycles. The molecule has 1 fully saturated rings. The molecule has 2 aliphatic rings. The summed E-state index contributed by atoms with van der Waals surface area (Å²) in [6.45, 7) is 0.952. The number of hydrogen-bond donors (Lipinski definition) is 3. The molecule has 1 aliphatic carbocycles. The third-order valence-corrected chi connectivity index (χ3v) is 6.95. The van der Waals surface area contributed by atoms with Gasteiger partial charge in [0.1, 0.15) is 17.6 Å². The summed E-state index contributed by atoms with van der Waals surface area (Å²) in [4.78, 5) is 39.4. The predicted molar refractivity (Wildman–Crippen MR) is 122 cm³/mol. The van der Waals surface area contributed by atoms with Gasteiger partial charge in [-0.15, -0.1) is 5.10 Å². The Kier molecular flexibility index (Phi) is 6.26. The summed E-state index contributed by atoms with van der Waals surface area (Å²) in [5, 5.41) is 14.0. The second kappa shape index (κ2) is 9.24. The lowest BCUT2D eigenvalue weighted by Gasteiger charge is -2.46. The van der Waals surface area contributed by atoms with Gasteiger partial charge in [-0.1, -0.05) is 17.3 Å². The summed E-state index contributed by atoms with van der Waals surface area (Å²) >= 11 is 0. The summed E-state index contributed by atoms with van der Waals surface area (Å²) < 4.78 is 83.8. The van der Waals surface area contributed by atoms with E-state index >= 15 is 0 Å². The number of alkyl halides is 5. The van der Waals surface area contributed by atoms with Gasteiger partial charge >= 0.3 is 0 Å². The molecule has 3 heterocycles. The second-order valence-electron chi connectivity index (χ2n) is 9.60. The van der Waals surface area contributed by atoms with Gasteiger partial charge in [0.25, 0.3) is 29.9 Å². The summed E-state index contributed by atoms with van der Waals surface area (Å²) in [6, 6.07) is 3.02. The average Bonchev–Trinajstić information content (AvgIpc) is 3.54. The van der Waals surface area contributed by atoms with E-state index in [1.165, 1.54) is 13.1 Å². The number of hydrogen-bond acceptors (Lipinski definition) is 5. The van der Waals surface area contributed by atoms with Crippen molar-refractivity contribution in [3.05, 3.63) is 64.0 Å². The highest BCUT2D eigenvalue weighted by atomic mass is 19.3. The maximum atomic E-state index is 14.5. The van der Waals surface area contributed by atoms with E-state index < -0.39 is 71.6 Å². The third-order valence-electron chi connectivity index (χ3n) is 6.95. The lowest BCUT2D eigenvalue weighted by molar-refractivity contribution is -0.148. The number of Topliss-reactive ketones (excluding diaryl/α,β-unsaturated/α-hetero) is 1. The normalized spacial score (nSPS) is 18.9. The van der Waals surface area contributed by atoms with Crippen LogP contribution in [0.3, 0.4) is 0 Å². The van der Waals surface area contributed by atoms with Crippen molar-refractivity contribution in [2.75, 3.05) is 5.32 Å². The predicted octanol–water partition coefficient (Wildman–Crippen LogP) is 3.76. The lowest BCUT2D eigenvalue weighted by atomic mass is 9.71. The van der Waals surface area contributed by atoms with Crippen LogP contribution in [0.25, 0.3) is 0 Å². The van der Waals surface area contributed by atoms with E-state index in [0.29, 0.717) is 0 Å². The van der Waals surface area contributed by atoms with Crippen LogP contribution in [0.1, 0.15) is 62.6 Å². The molecule has 39 heavy (non-hydrogen) atoms. The third kappa shape index (κ3) is 4.44. The Labute approximate surface area is 215 Å². The fourth-order valence-corrected chi connectivity index (χ4v) is 5.27. The fourth-order valence-electron chi connectivity index (χ4n) is 5.27.